The highest BCUT2D eigenvalue weighted by molar-refractivity contribution is 6.11. The number of fused-ring (bicyclic) bond motifs is 1. The van der Waals surface area contributed by atoms with E-state index < -0.39 is 10.8 Å². The monoisotopic (exact) mass is 381 g/mol. The number of hydrogen-bond donors (Lipinski definition) is 1. The van der Waals surface area contributed by atoms with Crippen LogP contribution in [0.5, 0.6) is 11.5 Å². The van der Waals surface area contributed by atoms with E-state index >= 15 is 0 Å². The van der Waals surface area contributed by atoms with Crippen molar-refractivity contribution in [3.05, 3.63) is 63.8 Å². The molecule has 28 heavy (non-hydrogen) atoms. The minimum Gasteiger partial charge on any atom is -0.493 e. The first kappa shape index (κ1) is 19.1. The standard InChI is InChI=1S/C20H19N3O5/c1-4-28-18-10-14(16(23(25)26)11-17(18)27-3)20(24)22-15-8-7-12(2)19-13(15)6-5-9-21-19/h5-11H,4H2,1-3H3,(H,22,24). The van der Waals surface area contributed by atoms with Crippen LogP contribution in [0.1, 0.15) is 22.8 Å². The van der Waals surface area contributed by atoms with Gasteiger partial charge in [0.2, 0.25) is 0 Å². The molecule has 8 heteroatoms. The third-order valence-electron chi connectivity index (χ3n) is 4.24. The van der Waals surface area contributed by atoms with Gasteiger partial charge in [0.15, 0.2) is 11.5 Å². The lowest BCUT2D eigenvalue weighted by Crippen LogP contribution is -2.15. The summed E-state index contributed by atoms with van der Waals surface area (Å²) < 4.78 is 10.6. The van der Waals surface area contributed by atoms with Crippen LogP contribution in [-0.2, 0) is 0 Å². The van der Waals surface area contributed by atoms with Crippen molar-refractivity contribution in [2.24, 2.45) is 0 Å². The molecule has 2 aromatic carbocycles. The third-order valence-corrected chi connectivity index (χ3v) is 4.24. The largest absolute Gasteiger partial charge is 0.493 e. The number of rotatable bonds is 6. The predicted molar refractivity (Wildman–Crippen MR) is 105 cm³/mol. The Morgan fingerprint density at radius 3 is 2.71 bits per heavy atom. The summed E-state index contributed by atoms with van der Waals surface area (Å²) in [5.41, 5.74) is 1.74. The van der Waals surface area contributed by atoms with Gasteiger partial charge >= 0.3 is 0 Å². The lowest BCUT2D eigenvalue weighted by atomic mass is 10.1. The first-order valence-corrected chi connectivity index (χ1v) is 8.61. The number of nitro benzene ring substituents is 1. The summed E-state index contributed by atoms with van der Waals surface area (Å²) >= 11 is 0. The molecule has 144 valence electrons. The molecule has 0 bridgehead atoms. The molecule has 0 radical (unpaired) electrons. The number of hydrogen-bond acceptors (Lipinski definition) is 6. The molecule has 1 aromatic heterocycles. The zero-order valence-electron chi connectivity index (χ0n) is 15.7. The van der Waals surface area contributed by atoms with E-state index in [1.165, 1.54) is 19.2 Å². The Bertz CT molecular complexity index is 1070. The van der Waals surface area contributed by atoms with Gasteiger partial charge in [-0.3, -0.25) is 19.9 Å². The van der Waals surface area contributed by atoms with Gasteiger partial charge in [0.1, 0.15) is 5.56 Å². The molecule has 1 amide bonds. The van der Waals surface area contributed by atoms with Crippen LogP contribution in [0.2, 0.25) is 0 Å². The highest BCUT2D eigenvalue weighted by atomic mass is 16.6. The maximum atomic E-state index is 12.9. The number of nitrogens with zero attached hydrogens (tertiary/aromatic N) is 2. The van der Waals surface area contributed by atoms with Crippen LogP contribution >= 0.6 is 0 Å². The Hall–Kier alpha value is -3.68. The van der Waals surface area contributed by atoms with Gasteiger partial charge in [0.25, 0.3) is 11.6 Å². The van der Waals surface area contributed by atoms with Gasteiger partial charge < -0.3 is 14.8 Å². The third kappa shape index (κ3) is 3.57. The molecule has 0 aliphatic heterocycles. The summed E-state index contributed by atoms with van der Waals surface area (Å²) in [5, 5.41) is 15.0. The number of ether oxygens (including phenoxy) is 2. The van der Waals surface area contributed by atoms with E-state index in [2.05, 4.69) is 10.3 Å². The van der Waals surface area contributed by atoms with Crippen molar-refractivity contribution < 1.29 is 19.2 Å². The predicted octanol–water partition coefficient (Wildman–Crippen LogP) is 4.11. The quantitative estimate of drug-likeness (QED) is 0.509. The van der Waals surface area contributed by atoms with Crippen molar-refractivity contribution in [3.8, 4) is 11.5 Å². The van der Waals surface area contributed by atoms with Crippen molar-refractivity contribution in [1.82, 2.24) is 4.98 Å². The fourth-order valence-electron chi connectivity index (χ4n) is 2.92. The van der Waals surface area contributed by atoms with Crippen LogP contribution in [0.25, 0.3) is 10.9 Å². The van der Waals surface area contributed by atoms with Gasteiger partial charge in [-0.2, -0.15) is 0 Å². The van der Waals surface area contributed by atoms with Gasteiger partial charge in [-0.05, 0) is 37.6 Å². The van der Waals surface area contributed by atoms with E-state index in [1.54, 1.807) is 25.3 Å². The number of methoxy groups -OCH3 is 1. The van der Waals surface area contributed by atoms with E-state index in [0.717, 1.165) is 16.5 Å². The molecule has 0 spiro atoms. The number of benzene rings is 2. The van der Waals surface area contributed by atoms with Crippen LogP contribution in [0, 0.1) is 17.0 Å². The Morgan fingerprint density at radius 1 is 1.25 bits per heavy atom. The van der Waals surface area contributed by atoms with Gasteiger partial charge in [-0.15, -0.1) is 0 Å². The smallest absolute Gasteiger partial charge is 0.286 e. The molecule has 0 fully saturated rings. The molecule has 3 aromatic rings. The maximum absolute atomic E-state index is 12.9. The number of pyridine rings is 1. The minimum absolute atomic E-state index is 0.119. The van der Waals surface area contributed by atoms with Crippen LogP contribution in [0.4, 0.5) is 11.4 Å². The number of aryl methyl sites for hydroxylation is 1. The molecule has 0 saturated heterocycles. The van der Waals surface area contributed by atoms with Crippen molar-refractivity contribution in [2.45, 2.75) is 13.8 Å². The summed E-state index contributed by atoms with van der Waals surface area (Å²) in [4.78, 5) is 28.1. The highest BCUT2D eigenvalue weighted by Gasteiger charge is 2.25. The lowest BCUT2D eigenvalue weighted by Gasteiger charge is -2.13. The van der Waals surface area contributed by atoms with Crippen LogP contribution < -0.4 is 14.8 Å². The van der Waals surface area contributed by atoms with E-state index in [1.807, 2.05) is 19.1 Å². The van der Waals surface area contributed by atoms with Gasteiger partial charge in [-0.1, -0.05) is 6.07 Å². The average Bonchev–Trinajstić information content (AvgIpc) is 2.70. The number of aromatic nitrogens is 1. The van der Waals surface area contributed by atoms with Crippen LogP contribution in [0.3, 0.4) is 0 Å². The molecular weight excluding hydrogens is 362 g/mol. The first-order chi connectivity index (χ1) is 13.5. The maximum Gasteiger partial charge on any atom is 0.286 e. The highest BCUT2D eigenvalue weighted by Crippen LogP contribution is 2.35. The molecule has 0 saturated carbocycles. The number of amides is 1. The summed E-state index contributed by atoms with van der Waals surface area (Å²) in [5.74, 6) is -0.171. The van der Waals surface area contributed by atoms with E-state index in [4.69, 9.17) is 9.47 Å². The molecule has 1 N–H and O–H groups in total. The van der Waals surface area contributed by atoms with Crippen molar-refractivity contribution in [2.75, 3.05) is 19.0 Å². The number of carbonyl (C=O) groups excluding carboxylic acids is 1. The summed E-state index contributed by atoms with van der Waals surface area (Å²) in [6.45, 7) is 4.01. The molecule has 0 atom stereocenters. The molecule has 1 heterocycles. The zero-order chi connectivity index (χ0) is 20.3. The topological polar surface area (TPSA) is 104 Å². The second-order valence-electron chi connectivity index (χ2n) is 5.99. The Balaban J connectivity index is 2.06. The molecule has 0 aliphatic rings. The zero-order valence-corrected chi connectivity index (χ0v) is 15.7. The van der Waals surface area contributed by atoms with E-state index in [-0.39, 0.29) is 22.7 Å². The van der Waals surface area contributed by atoms with Crippen molar-refractivity contribution in [1.29, 1.82) is 0 Å². The number of carbonyl (C=O) groups is 1. The molecule has 3 rings (SSSR count). The molecule has 8 nitrogen and oxygen atoms in total. The second kappa shape index (κ2) is 7.91. The number of anilines is 1. The Labute approximate surface area is 161 Å². The number of nitrogens with one attached hydrogen (secondary N) is 1. The second-order valence-corrected chi connectivity index (χ2v) is 5.99. The van der Waals surface area contributed by atoms with Crippen molar-refractivity contribution in [3.63, 3.8) is 0 Å². The van der Waals surface area contributed by atoms with Gasteiger partial charge in [0, 0.05) is 17.6 Å². The minimum atomic E-state index is -0.623. The Kier molecular flexibility index (Phi) is 5.39. The van der Waals surface area contributed by atoms with Crippen molar-refractivity contribution >= 4 is 28.2 Å². The van der Waals surface area contributed by atoms with Gasteiger partial charge in [-0.25, -0.2) is 0 Å². The fraction of sp³-hybridized carbons (Fsp3) is 0.200. The summed E-state index contributed by atoms with van der Waals surface area (Å²) in [6.07, 6.45) is 1.67. The molecular formula is C20H19N3O5. The summed E-state index contributed by atoms with van der Waals surface area (Å²) in [6, 6.07) is 9.69. The normalized spacial score (nSPS) is 10.5. The lowest BCUT2D eigenvalue weighted by molar-refractivity contribution is -0.385. The van der Waals surface area contributed by atoms with Crippen LogP contribution in [-0.4, -0.2) is 29.5 Å². The van der Waals surface area contributed by atoms with Gasteiger partial charge in [0.05, 0.1) is 35.9 Å². The molecule has 0 unspecified atom stereocenters. The SMILES string of the molecule is CCOc1cc(C(=O)Nc2ccc(C)c3ncccc23)c([N+](=O)[O-])cc1OC. The van der Waals surface area contributed by atoms with E-state index in [0.29, 0.717) is 12.3 Å². The molecule has 0 aliphatic carbocycles. The number of nitro groups is 1. The Morgan fingerprint density at radius 2 is 2.04 bits per heavy atom. The summed E-state index contributed by atoms with van der Waals surface area (Å²) in [7, 11) is 1.38. The first-order valence-electron chi connectivity index (χ1n) is 8.61. The van der Waals surface area contributed by atoms with Crippen LogP contribution in [0.15, 0.2) is 42.6 Å². The van der Waals surface area contributed by atoms with E-state index in [9.17, 15) is 14.9 Å². The fourth-order valence-corrected chi connectivity index (χ4v) is 2.92. The average molecular weight is 381 g/mol.